The van der Waals surface area contributed by atoms with Gasteiger partial charge in [-0.25, -0.2) is 0 Å². The SMILES string of the molecule is C/C=C/CCC(C)NC(N)=S. The van der Waals surface area contributed by atoms with Crippen molar-refractivity contribution in [3.05, 3.63) is 12.2 Å². The second-order valence-electron chi connectivity index (χ2n) is 2.56. The molecular weight excluding hydrogens is 156 g/mol. The lowest BCUT2D eigenvalue weighted by molar-refractivity contribution is 0.615. The second-order valence-corrected chi connectivity index (χ2v) is 3.00. The minimum Gasteiger partial charge on any atom is -0.376 e. The van der Waals surface area contributed by atoms with E-state index in [4.69, 9.17) is 18.0 Å². The van der Waals surface area contributed by atoms with Crippen LogP contribution in [0.4, 0.5) is 0 Å². The van der Waals surface area contributed by atoms with Gasteiger partial charge in [0.05, 0.1) is 0 Å². The second kappa shape index (κ2) is 6.16. The van der Waals surface area contributed by atoms with Crippen molar-refractivity contribution in [3.8, 4) is 0 Å². The molecule has 0 amide bonds. The molecule has 0 heterocycles. The molecule has 0 saturated carbocycles. The lowest BCUT2D eigenvalue weighted by Crippen LogP contribution is -2.36. The quantitative estimate of drug-likeness (QED) is 0.499. The Labute approximate surface area is 73.9 Å². The zero-order valence-electron chi connectivity index (χ0n) is 7.13. The summed E-state index contributed by atoms with van der Waals surface area (Å²) in [6.07, 6.45) is 6.33. The van der Waals surface area contributed by atoms with Crippen LogP contribution in [-0.4, -0.2) is 11.2 Å². The van der Waals surface area contributed by atoms with E-state index in [-0.39, 0.29) is 0 Å². The zero-order valence-corrected chi connectivity index (χ0v) is 7.95. The first kappa shape index (κ1) is 10.4. The lowest BCUT2D eigenvalue weighted by atomic mass is 10.2. The van der Waals surface area contributed by atoms with E-state index in [1.807, 2.05) is 13.0 Å². The van der Waals surface area contributed by atoms with Crippen LogP contribution in [0.3, 0.4) is 0 Å². The van der Waals surface area contributed by atoms with Crippen LogP contribution in [0.1, 0.15) is 26.7 Å². The summed E-state index contributed by atoms with van der Waals surface area (Å²) in [7, 11) is 0. The average Bonchev–Trinajstić information content (AvgIpc) is 1.86. The van der Waals surface area contributed by atoms with Crippen molar-refractivity contribution < 1.29 is 0 Å². The molecule has 0 bridgehead atoms. The number of nitrogens with two attached hydrogens (primary N) is 1. The number of hydrogen-bond acceptors (Lipinski definition) is 1. The molecule has 64 valence electrons. The molecule has 0 fully saturated rings. The molecule has 2 nitrogen and oxygen atoms in total. The van der Waals surface area contributed by atoms with Crippen molar-refractivity contribution in [1.29, 1.82) is 0 Å². The van der Waals surface area contributed by atoms with Crippen molar-refractivity contribution in [3.63, 3.8) is 0 Å². The summed E-state index contributed by atoms with van der Waals surface area (Å²) in [4.78, 5) is 0. The summed E-state index contributed by atoms with van der Waals surface area (Å²) >= 11 is 4.70. The summed E-state index contributed by atoms with van der Waals surface area (Å²) in [5, 5.41) is 3.36. The van der Waals surface area contributed by atoms with Gasteiger partial charge in [0.25, 0.3) is 0 Å². The normalized spacial score (nSPS) is 13.3. The third kappa shape index (κ3) is 7.33. The predicted octanol–water partition coefficient (Wildman–Crippen LogP) is 1.56. The third-order valence-corrected chi connectivity index (χ3v) is 1.51. The number of allylic oxidation sites excluding steroid dienone is 2. The first-order chi connectivity index (χ1) is 5.16. The van der Waals surface area contributed by atoms with Gasteiger partial charge < -0.3 is 11.1 Å². The molecule has 0 aliphatic heterocycles. The molecular formula is C8H16N2S. The van der Waals surface area contributed by atoms with Gasteiger partial charge >= 0.3 is 0 Å². The van der Waals surface area contributed by atoms with Crippen LogP contribution in [0.5, 0.6) is 0 Å². The van der Waals surface area contributed by atoms with E-state index in [1.165, 1.54) is 0 Å². The van der Waals surface area contributed by atoms with Gasteiger partial charge in [-0.1, -0.05) is 12.2 Å². The summed E-state index contributed by atoms with van der Waals surface area (Å²) in [5.74, 6) is 0. The monoisotopic (exact) mass is 172 g/mol. The Morgan fingerprint density at radius 1 is 1.73 bits per heavy atom. The maximum absolute atomic E-state index is 5.30. The van der Waals surface area contributed by atoms with Crippen LogP contribution in [0.25, 0.3) is 0 Å². The molecule has 0 radical (unpaired) electrons. The average molecular weight is 172 g/mol. The largest absolute Gasteiger partial charge is 0.376 e. The van der Waals surface area contributed by atoms with Crippen molar-refractivity contribution in [2.45, 2.75) is 32.7 Å². The van der Waals surface area contributed by atoms with Crippen LogP contribution in [0.15, 0.2) is 12.2 Å². The highest BCUT2D eigenvalue weighted by molar-refractivity contribution is 7.80. The molecule has 0 aromatic rings. The highest BCUT2D eigenvalue weighted by Crippen LogP contribution is 1.96. The standard InChI is InChI=1S/C8H16N2S/c1-3-4-5-6-7(2)10-8(9)11/h3-4,7H,5-6H2,1-2H3,(H3,9,10,11)/b4-3+. The fourth-order valence-corrected chi connectivity index (χ4v) is 1.03. The van der Waals surface area contributed by atoms with Gasteiger partial charge in [-0.05, 0) is 38.9 Å². The lowest BCUT2D eigenvalue weighted by Gasteiger charge is -2.11. The van der Waals surface area contributed by atoms with E-state index in [0.717, 1.165) is 12.8 Å². The van der Waals surface area contributed by atoms with E-state index in [0.29, 0.717) is 11.2 Å². The molecule has 0 aliphatic carbocycles. The molecule has 3 N–H and O–H groups in total. The summed E-state index contributed by atoms with van der Waals surface area (Å²) < 4.78 is 0. The Balaban J connectivity index is 3.36. The molecule has 0 aromatic heterocycles. The van der Waals surface area contributed by atoms with E-state index in [1.54, 1.807) is 0 Å². The van der Waals surface area contributed by atoms with Crippen LogP contribution in [0, 0.1) is 0 Å². The van der Waals surface area contributed by atoms with Crippen molar-refractivity contribution in [2.75, 3.05) is 0 Å². The Bertz CT molecular complexity index is 143. The number of nitrogens with one attached hydrogen (secondary N) is 1. The summed E-state index contributed by atoms with van der Waals surface area (Å²) in [6.45, 7) is 4.09. The minimum absolute atomic E-state index is 0.378. The summed E-state index contributed by atoms with van der Waals surface area (Å²) in [6, 6.07) is 0.378. The first-order valence-corrected chi connectivity index (χ1v) is 4.24. The van der Waals surface area contributed by atoms with Gasteiger partial charge in [0.15, 0.2) is 5.11 Å². The topological polar surface area (TPSA) is 38.0 Å². The van der Waals surface area contributed by atoms with Crippen molar-refractivity contribution >= 4 is 17.3 Å². The highest BCUT2D eigenvalue weighted by Gasteiger charge is 1.98. The summed E-state index contributed by atoms with van der Waals surface area (Å²) in [5.41, 5.74) is 5.30. The number of hydrogen-bond donors (Lipinski definition) is 2. The van der Waals surface area contributed by atoms with Crippen LogP contribution >= 0.6 is 12.2 Å². The fraction of sp³-hybridized carbons (Fsp3) is 0.625. The Kier molecular flexibility index (Phi) is 5.84. The van der Waals surface area contributed by atoms with Crippen molar-refractivity contribution in [1.82, 2.24) is 5.32 Å². The Morgan fingerprint density at radius 2 is 2.36 bits per heavy atom. The smallest absolute Gasteiger partial charge is 0.163 e. The van der Waals surface area contributed by atoms with Gasteiger partial charge in [0.1, 0.15) is 0 Å². The molecule has 3 heteroatoms. The van der Waals surface area contributed by atoms with Gasteiger partial charge in [-0.15, -0.1) is 0 Å². The zero-order chi connectivity index (χ0) is 8.69. The fourth-order valence-electron chi connectivity index (χ4n) is 0.828. The minimum atomic E-state index is 0.378. The highest BCUT2D eigenvalue weighted by atomic mass is 32.1. The van der Waals surface area contributed by atoms with Crippen LogP contribution < -0.4 is 11.1 Å². The maximum Gasteiger partial charge on any atom is 0.163 e. The van der Waals surface area contributed by atoms with Gasteiger partial charge in [-0.3, -0.25) is 0 Å². The first-order valence-electron chi connectivity index (χ1n) is 3.84. The molecule has 0 aliphatic rings. The molecule has 1 atom stereocenters. The maximum atomic E-state index is 5.30. The molecule has 0 aromatic carbocycles. The van der Waals surface area contributed by atoms with Crippen LogP contribution in [0.2, 0.25) is 0 Å². The third-order valence-electron chi connectivity index (χ3n) is 1.39. The Morgan fingerprint density at radius 3 is 2.82 bits per heavy atom. The molecule has 0 saturated heterocycles. The van der Waals surface area contributed by atoms with Gasteiger partial charge in [0.2, 0.25) is 0 Å². The van der Waals surface area contributed by atoms with Gasteiger partial charge in [0, 0.05) is 6.04 Å². The molecule has 11 heavy (non-hydrogen) atoms. The molecule has 0 rings (SSSR count). The number of thiocarbonyl (C=S) groups is 1. The van der Waals surface area contributed by atoms with E-state index >= 15 is 0 Å². The number of rotatable bonds is 4. The van der Waals surface area contributed by atoms with E-state index in [2.05, 4.69) is 18.3 Å². The van der Waals surface area contributed by atoms with E-state index in [9.17, 15) is 0 Å². The van der Waals surface area contributed by atoms with Crippen LogP contribution in [-0.2, 0) is 0 Å². The van der Waals surface area contributed by atoms with E-state index < -0.39 is 0 Å². The van der Waals surface area contributed by atoms with Gasteiger partial charge in [-0.2, -0.15) is 0 Å². The molecule has 1 unspecified atom stereocenters. The predicted molar refractivity (Wildman–Crippen MR) is 53.4 cm³/mol. The Hall–Kier alpha value is -0.570. The molecule has 0 spiro atoms. The van der Waals surface area contributed by atoms with Crippen molar-refractivity contribution in [2.24, 2.45) is 5.73 Å².